The number of aromatic carboxylic acids is 1. The lowest BCUT2D eigenvalue weighted by Gasteiger charge is -2.13. The second kappa shape index (κ2) is 5.65. The lowest BCUT2D eigenvalue weighted by Crippen LogP contribution is -2.09. The highest BCUT2D eigenvalue weighted by atomic mass is 16.5. The molecule has 0 saturated carbocycles. The first-order valence-corrected chi connectivity index (χ1v) is 6.30. The van der Waals surface area contributed by atoms with E-state index in [4.69, 9.17) is 10.5 Å². The van der Waals surface area contributed by atoms with Gasteiger partial charge in [-0.25, -0.2) is 4.79 Å². The minimum atomic E-state index is -1.04. The third-order valence-electron chi connectivity index (χ3n) is 3.33. The Balaban J connectivity index is 2.26. The number of hydrogen-bond donors (Lipinski definition) is 2. The summed E-state index contributed by atoms with van der Waals surface area (Å²) in [5, 5.41) is 9.21. The topological polar surface area (TPSA) is 72.5 Å². The van der Waals surface area contributed by atoms with Crippen molar-refractivity contribution in [1.82, 2.24) is 0 Å². The number of rotatable bonds is 4. The van der Waals surface area contributed by atoms with E-state index in [-0.39, 0.29) is 17.9 Å². The third-order valence-corrected chi connectivity index (χ3v) is 3.33. The molecule has 0 heterocycles. The van der Waals surface area contributed by atoms with Crippen molar-refractivity contribution in [3.63, 3.8) is 0 Å². The molecule has 0 radical (unpaired) electrons. The molecule has 2 aromatic carbocycles. The van der Waals surface area contributed by atoms with Gasteiger partial charge in [0.25, 0.3) is 0 Å². The SMILES string of the molecule is Cc1cccc(OCc2cccc(N)c2C(=O)O)c1C. The van der Waals surface area contributed by atoms with Gasteiger partial charge in [0, 0.05) is 11.3 Å². The van der Waals surface area contributed by atoms with E-state index in [0.29, 0.717) is 5.56 Å². The van der Waals surface area contributed by atoms with Crippen LogP contribution < -0.4 is 10.5 Å². The van der Waals surface area contributed by atoms with E-state index in [1.54, 1.807) is 18.2 Å². The molecule has 0 fully saturated rings. The predicted octanol–water partition coefficient (Wildman–Crippen LogP) is 3.16. The Kier molecular flexibility index (Phi) is 3.94. The van der Waals surface area contributed by atoms with Gasteiger partial charge in [-0.05, 0) is 37.1 Å². The molecule has 0 aliphatic rings. The predicted molar refractivity (Wildman–Crippen MR) is 78.1 cm³/mol. The van der Waals surface area contributed by atoms with Crippen LogP contribution in [0.5, 0.6) is 5.75 Å². The Bertz CT molecular complexity index is 650. The molecule has 2 rings (SSSR count). The van der Waals surface area contributed by atoms with Gasteiger partial charge in [-0.2, -0.15) is 0 Å². The Morgan fingerprint density at radius 1 is 1.20 bits per heavy atom. The van der Waals surface area contributed by atoms with Crippen molar-refractivity contribution in [2.24, 2.45) is 0 Å². The largest absolute Gasteiger partial charge is 0.489 e. The summed E-state index contributed by atoms with van der Waals surface area (Å²) in [5.74, 6) is -0.286. The summed E-state index contributed by atoms with van der Waals surface area (Å²) in [7, 11) is 0. The minimum absolute atomic E-state index is 0.109. The van der Waals surface area contributed by atoms with Crippen LogP contribution in [-0.4, -0.2) is 11.1 Å². The molecule has 20 heavy (non-hydrogen) atoms. The van der Waals surface area contributed by atoms with E-state index >= 15 is 0 Å². The Morgan fingerprint density at radius 2 is 1.90 bits per heavy atom. The molecule has 0 unspecified atom stereocenters. The van der Waals surface area contributed by atoms with Gasteiger partial charge in [0.2, 0.25) is 0 Å². The summed E-state index contributed by atoms with van der Waals surface area (Å²) >= 11 is 0. The van der Waals surface area contributed by atoms with Crippen LogP contribution >= 0.6 is 0 Å². The number of aryl methyl sites for hydroxylation is 1. The van der Waals surface area contributed by atoms with Crippen LogP contribution in [0.2, 0.25) is 0 Å². The standard InChI is InChI=1S/C16H17NO3/c1-10-5-3-8-14(11(10)2)20-9-12-6-4-7-13(17)15(12)16(18)19/h3-8H,9,17H2,1-2H3,(H,18,19). The van der Waals surface area contributed by atoms with Gasteiger partial charge in [0.05, 0.1) is 5.56 Å². The molecule has 0 amide bonds. The van der Waals surface area contributed by atoms with Crippen molar-refractivity contribution in [2.75, 3.05) is 5.73 Å². The zero-order valence-corrected chi connectivity index (χ0v) is 11.5. The average Bonchev–Trinajstić information content (AvgIpc) is 2.40. The molecule has 0 aliphatic carbocycles. The van der Waals surface area contributed by atoms with Crippen LogP contribution in [0.1, 0.15) is 27.0 Å². The van der Waals surface area contributed by atoms with Crippen LogP contribution in [0.3, 0.4) is 0 Å². The molecule has 2 aromatic rings. The Hall–Kier alpha value is -2.49. The zero-order valence-electron chi connectivity index (χ0n) is 11.5. The van der Waals surface area contributed by atoms with Crippen LogP contribution in [0.25, 0.3) is 0 Å². The molecule has 0 atom stereocenters. The highest BCUT2D eigenvalue weighted by Gasteiger charge is 2.14. The van der Waals surface area contributed by atoms with Gasteiger partial charge < -0.3 is 15.6 Å². The first-order valence-electron chi connectivity index (χ1n) is 6.30. The molecular weight excluding hydrogens is 254 g/mol. The molecular formula is C16H17NO3. The number of anilines is 1. The number of nitrogens with two attached hydrogens (primary N) is 1. The fraction of sp³-hybridized carbons (Fsp3) is 0.188. The van der Waals surface area contributed by atoms with Crippen molar-refractivity contribution >= 4 is 11.7 Å². The van der Waals surface area contributed by atoms with E-state index in [1.807, 2.05) is 32.0 Å². The molecule has 104 valence electrons. The van der Waals surface area contributed by atoms with Gasteiger partial charge >= 0.3 is 5.97 Å². The van der Waals surface area contributed by atoms with Gasteiger partial charge in [0.15, 0.2) is 0 Å². The normalized spacial score (nSPS) is 10.3. The highest BCUT2D eigenvalue weighted by molar-refractivity contribution is 5.95. The Labute approximate surface area is 117 Å². The Morgan fingerprint density at radius 3 is 2.60 bits per heavy atom. The molecule has 3 N–H and O–H groups in total. The van der Waals surface area contributed by atoms with Crippen LogP contribution in [-0.2, 0) is 6.61 Å². The lowest BCUT2D eigenvalue weighted by atomic mass is 10.1. The first kappa shape index (κ1) is 13.9. The van der Waals surface area contributed by atoms with Gasteiger partial charge in [-0.3, -0.25) is 0 Å². The number of benzene rings is 2. The monoisotopic (exact) mass is 271 g/mol. The van der Waals surface area contributed by atoms with E-state index in [9.17, 15) is 9.90 Å². The summed E-state index contributed by atoms with van der Waals surface area (Å²) in [6.45, 7) is 4.16. The number of carboxylic acids is 1. The summed E-state index contributed by atoms with van der Waals surface area (Å²) in [5.41, 5.74) is 8.82. The minimum Gasteiger partial charge on any atom is -0.489 e. The lowest BCUT2D eigenvalue weighted by molar-refractivity contribution is 0.0695. The third kappa shape index (κ3) is 2.74. The van der Waals surface area contributed by atoms with Crippen LogP contribution in [0.15, 0.2) is 36.4 Å². The smallest absolute Gasteiger partial charge is 0.338 e. The van der Waals surface area contributed by atoms with Crippen molar-refractivity contribution < 1.29 is 14.6 Å². The summed E-state index contributed by atoms with van der Waals surface area (Å²) < 4.78 is 5.73. The molecule has 0 bridgehead atoms. The molecule has 0 aromatic heterocycles. The van der Waals surface area contributed by atoms with Crippen molar-refractivity contribution in [3.05, 3.63) is 58.7 Å². The molecule has 0 spiro atoms. The second-order valence-electron chi connectivity index (χ2n) is 4.67. The summed E-state index contributed by atoms with van der Waals surface area (Å²) in [6.07, 6.45) is 0. The van der Waals surface area contributed by atoms with Gasteiger partial charge in [0.1, 0.15) is 12.4 Å². The average molecular weight is 271 g/mol. The highest BCUT2D eigenvalue weighted by Crippen LogP contribution is 2.23. The van der Waals surface area contributed by atoms with Crippen molar-refractivity contribution in [3.8, 4) is 5.75 Å². The molecule has 4 heteroatoms. The van der Waals surface area contributed by atoms with E-state index in [1.165, 1.54) is 0 Å². The zero-order chi connectivity index (χ0) is 14.7. The van der Waals surface area contributed by atoms with E-state index in [0.717, 1.165) is 16.9 Å². The van der Waals surface area contributed by atoms with Gasteiger partial charge in [-0.15, -0.1) is 0 Å². The van der Waals surface area contributed by atoms with Gasteiger partial charge in [-0.1, -0.05) is 24.3 Å². The second-order valence-corrected chi connectivity index (χ2v) is 4.67. The number of ether oxygens (including phenoxy) is 1. The van der Waals surface area contributed by atoms with Crippen LogP contribution in [0.4, 0.5) is 5.69 Å². The van der Waals surface area contributed by atoms with E-state index < -0.39 is 5.97 Å². The molecule has 4 nitrogen and oxygen atoms in total. The maximum absolute atomic E-state index is 11.2. The fourth-order valence-corrected chi connectivity index (χ4v) is 2.04. The summed E-state index contributed by atoms with van der Waals surface area (Å²) in [6, 6.07) is 10.8. The van der Waals surface area contributed by atoms with Crippen LogP contribution in [0, 0.1) is 13.8 Å². The number of hydrogen-bond acceptors (Lipinski definition) is 3. The summed E-state index contributed by atoms with van der Waals surface area (Å²) in [4.78, 5) is 11.2. The molecule has 0 saturated heterocycles. The number of nitrogen functional groups attached to an aromatic ring is 1. The quantitative estimate of drug-likeness (QED) is 0.838. The van der Waals surface area contributed by atoms with Crippen molar-refractivity contribution in [1.29, 1.82) is 0 Å². The molecule has 0 aliphatic heterocycles. The number of carbonyl (C=O) groups is 1. The number of carboxylic acid groups (broad SMARTS) is 1. The fourth-order valence-electron chi connectivity index (χ4n) is 2.04. The van der Waals surface area contributed by atoms with Crippen molar-refractivity contribution in [2.45, 2.75) is 20.5 Å². The maximum Gasteiger partial charge on any atom is 0.338 e. The first-order chi connectivity index (χ1) is 9.50. The maximum atomic E-state index is 11.2. The van der Waals surface area contributed by atoms with E-state index in [2.05, 4.69) is 0 Å².